The summed E-state index contributed by atoms with van der Waals surface area (Å²) >= 11 is 0. The average Bonchev–Trinajstić information content (AvgIpc) is 1.82. The summed E-state index contributed by atoms with van der Waals surface area (Å²) in [5.41, 5.74) is 0. The van der Waals surface area contributed by atoms with Crippen LogP contribution < -0.4 is 0 Å². The Morgan fingerprint density at radius 3 is 2.22 bits per heavy atom. The molecule has 0 aromatic rings. The minimum absolute atomic E-state index is 0.543. The van der Waals surface area contributed by atoms with Crippen LogP contribution in [0.4, 0.5) is 8.78 Å². The lowest BCUT2D eigenvalue weighted by Crippen LogP contribution is -2.06. The Balaban J connectivity index is 3.54. The normalized spacial score (nSPS) is 13.8. The Morgan fingerprint density at radius 2 is 2.11 bits per heavy atom. The van der Waals surface area contributed by atoms with Crippen molar-refractivity contribution in [3.8, 4) is 0 Å². The van der Waals surface area contributed by atoms with Gasteiger partial charge in [0.25, 0.3) is 0 Å². The van der Waals surface area contributed by atoms with E-state index in [-0.39, 0.29) is 0 Å². The lowest BCUT2D eigenvalue weighted by Gasteiger charge is -2.07. The highest BCUT2D eigenvalue weighted by Crippen LogP contribution is 2.16. The van der Waals surface area contributed by atoms with Gasteiger partial charge < -0.3 is 0 Å². The summed E-state index contributed by atoms with van der Waals surface area (Å²) in [5, 5.41) is 0. The van der Waals surface area contributed by atoms with Gasteiger partial charge in [-0.3, -0.25) is 0 Å². The largest absolute Gasteiger partial charge is 0.244 e. The van der Waals surface area contributed by atoms with Crippen LogP contribution in [0.15, 0.2) is 12.7 Å². The molecule has 0 heterocycles. The van der Waals surface area contributed by atoms with Gasteiger partial charge in [-0.25, -0.2) is 8.78 Å². The van der Waals surface area contributed by atoms with Gasteiger partial charge in [0.05, 0.1) is 0 Å². The van der Waals surface area contributed by atoms with Gasteiger partial charge >= 0.3 is 0 Å². The lowest BCUT2D eigenvalue weighted by atomic mass is 10.1. The first kappa shape index (κ1) is 8.60. The van der Waals surface area contributed by atoms with Crippen LogP contribution in [0.25, 0.3) is 0 Å². The monoisotopic (exact) mass is 134 g/mol. The fraction of sp³-hybridized carbons (Fsp3) is 0.714. The molecular weight excluding hydrogens is 122 g/mol. The zero-order valence-electron chi connectivity index (χ0n) is 5.61. The van der Waals surface area contributed by atoms with E-state index in [2.05, 4.69) is 6.58 Å². The molecule has 0 aromatic heterocycles. The van der Waals surface area contributed by atoms with E-state index < -0.39 is 12.3 Å². The third kappa shape index (κ3) is 3.22. The summed E-state index contributed by atoms with van der Waals surface area (Å²) in [6, 6.07) is 0. The van der Waals surface area contributed by atoms with Crippen molar-refractivity contribution in [3.05, 3.63) is 12.7 Å². The Morgan fingerprint density at radius 1 is 1.56 bits per heavy atom. The van der Waals surface area contributed by atoms with Crippen molar-refractivity contribution in [3.63, 3.8) is 0 Å². The minimum Gasteiger partial charge on any atom is -0.210 e. The second-order valence-corrected chi connectivity index (χ2v) is 2.02. The molecule has 0 aromatic carbocycles. The molecule has 0 radical (unpaired) electrons. The number of allylic oxidation sites excluding steroid dienone is 1. The van der Waals surface area contributed by atoms with Crippen LogP contribution in [0.5, 0.6) is 0 Å². The molecule has 9 heavy (non-hydrogen) atoms. The zero-order chi connectivity index (χ0) is 7.28. The number of hydrogen-bond donors (Lipinski definition) is 0. The van der Waals surface area contributed by atoms with Crippen LogP contribution in [-0.4, -0.2) is 6.43 Å². The summed E-state index contributed by atoms with van der Waals surface area (Å²) in [5.74, 6) is -0.602. The van der Waals surface area contributed by atoms with Crippen LogP contribution in [0.3, 0.4) is 0 Å². The smallest absolute Gasteiger partial charge is 0.210 e. The molecule has 0 N–H and O–H groups in total. The van der Waals surface area contributed by atoms with E-state index >= 15 is 0 Å². The maximum Gasteiger partial charge on any atom is 0.244 e. The van der Waals surface area contributed by atoms with E-state index in [0.29, 0.717) is 6.42 Å². The second-order valence-electron chi connectivity index (χ2n) is 2.02. The standard InChI is InChI=1S/C7H12F2/c1-3-5-6(4-2)7(8)9/h4,6-7H,2-3,5H2,1H3. The third-order valence-corrected chi connectivity index (χ3v) is 1.25. The first-order chi connectivity index (χ1) is 4.22. The van der Waals surface area contributed by atoms with Crippen LogP contribution in [0.2, 0.25) is 0 Å². The number of hydrogen-bond acceptors (Lipinski definition) is 0. The summed E-state index contributed by atoms with van der Waals surface area (Å²) < 4.78 is 23.6. The highest BCUT2D eigenvalue weighted by molar-refractivity contribution is 4.79. The van der Waals surface area contributed by atoms with Crippen LogP contribution in [0, 0.1) is 5.92 Å². The second kappa shape index (κ2) is 4.48. The molecule has 0 saturated heterocycles. The maximum atomic E-state index is 11.8. The van der Waals surface area contributed by atoms with Crippen molar-refractivity contribution in [1.29, 1.82) is 0 Å². The molecule has 1 unspecified atom stereocenters. The Kier molecular flexibility index (Phi) is 4.28. The average molecular weight is 134 g/mol. The Labute approximate surface area is 54.6 Å². The van der Waals surface area contributed by atoms with Crippen molar-refractivity contribution in [2.24, 2.45) is 5.92 Å². The van der Waals surface area contributed by atoms with Crippen molar-refractivity contribution < 1.29 is 8.78 Å². The molecule has 0 aliphatic rings. The number of alkyl halides is 2. The summed E-state index contributed by atoms with van der Waals surface area (Å²) in [6.45, 7) is 5.21. The molecule has 0 nitrogen and oxygen atoms in total. The highest BCUT2D eigenvalue weighted by Gasteiger charge is 2.14. The lowest BCUT2D eigenvalue weighted by molar-refractivity contribution is 0.0957. The molecule has 0 aliphatic carbocycles. The molecule has 0 aliphatic heterocycles. The van der Waals surface area contributed by atoms with Crippen molar-refractivity contribution >= 4 is 0 Å². The van der Waals surface area contributed by atoms with Crippen LogP contribution >= 0.6 is 0 Å². The van der Waals surface area contributed by atoms with Crippen molar-refractivity contribution in [2.45, 2.75) is 26.2 Å². The quantitative estimate of drug-likeness (QED) is 0.518. The molecule has 1 atom stereocenters. The number of halogens is 2. The zero-order valence-corrected chi connectivity index (χ0v) is 5.61. The Bertz CT molecular complexity index is 79.0. The van der Waals surface area contributed by atoms with Crippen LogP contribution in [0.1, 0.15) is 19.8 Å². The third-order valence-electron chi connectivity index (χ3n) is 1.25. The van der Waals surface area contributed by atoms with E-state index in [1.165, 1.54) is 6.08 Å². The highest BCUT2D eigenvalue weighted by atomic mass is 19.3. The molecular formula is C7H12F2. The van der Waals surface area contributed by atoms with E-state index in [1.807, 2.05) is 6.92 Å². The van der Waals surface area contributed by atoms with Crippen molar-refractivity contribution in [2.75, 3.05) is 0 Å². The SMILES string of the molecule is C=CC(CCC)C(F)F. The van der Waals surface area contributed by atoms with Crippen molar-refractivity contribution in [1.82, 2.24) is 0 Å². The van der Waals surface area contributed by atoms with Gasteiger partial charge in [0.15, 0.2) is 0 Å². The topological polar surface area (TPSA) is 0 Å². The van der Waals surface area contributed by atoms with E-state index in [0.717, 1.165) is 6.42 Å². The first-order valence-corrected chi connectivity index (χ1v) is 3.13. The molecule has 0 bridgehead atoms. The van der Waals surface area contributed by atoms with E-state index in [9.17, 15) is 8.78 Å². The number of rotatable bonds is 4. The maximum absolute atomic E-state index is 11.8. The summed E-state index contributed by atoms with van der Waals surface area (Å²) in [7, 11) is 0. The predicted molar refractivity (Wildman–Crippen MR) is 34.6 cm³/mol. The summed E-state index contributed by atoms with van der Waals surface area (Å²) in [6.07, 6.45) is 0.429. The molecule has 0 fully saturated rings. The molecule has 2 heteroatoms. The molecule has 0 spiro atoms. The fourth-order valence-electron chi connectivity index (χ4n) is 0.680. The van der Waals surface area contributed by atoms with Gasteiger partial charge in [0, 0.05) is 5.92 Å². The molecule has 0 rings (SSSR count). The van der Waals surface area contributed by atoms with Gasteiger partial charge in [-0.2, -0.15) is 0 Å². The van der Waals surface area contributed by atoms with E-state index in [4.69, 9.17) is 0 Å². The molecule has 54 valence electrons. The Hall–Kier alpha value is -0.400. The van der Waals surface area contributed by atoms with Gasteiger partial charge in [-0.15, -0.1) is 6.58 Å². The van der Waals surface area contributed by atoms with Gasteiger partial charge in [-0.05, 0) is 6.42 Å². The molecule has 0 amide bonds. The summed E-state index contributed by atoms with van der Waals surface area (Å²) in [4.78, 5) is 0. The van der Waals surface area contributed by atoms with E-state index in [1.54, 1.807) is 0 Å². The molecule has 0 saturated carbocycles. The predicted octanol–water partition coefficient (Wildman–Crippen LogP) is 2.85. The van der Waals surface area contributed by atoms with Crippen LogP contribution in [-0.2, 0) is 0 Å². The van der Waals surface area contributed by atoms with Gasteiger partial charge in [0.2, 0.25) is 6.43 Å². The minimum atomic E-state index is -2.23. The van der Waals surface area contributed by atoms with Gasteiger partial charge in [-0.1, -0.05) is 19.4 Å². The first-order valence-electron chi connectivity index (χ1n) is 3.13. The van der Waals surface area contributed by atoms with Gasteiger partial charge in [0.1, 0.15) is 0 Å². The fourth-order valence-corrected chi connectivity index (χ4v) is 0.680.